The monoisotopic (exact) mass is 253 g/mol. The molecule has 1 aliphatic carbocycles. The van der Waals surface area contributed by atoms with E-state index < -0.39 is 0 Å². The Kier molecular flexibility index (Phi) is 2.67. The van der Waals surface area contributed by atoms with Crippen molar-refractivity contribution < 1.29 is 0 Å². The molecule has 14 heavy (non-hydrogen) atoms. The summed E-state index contributed by atoms with van der Waals surface area (Å²) in [6.45, 7) is 3.02. The van der Waals surface area contributed by atoms with Crippen LogP contribution >= 0.6 is 15.9 Å². The second-order valence-corrected chi connectivity index (χ2v) is 5.00. The molecule has 0 amide bonds. The molecule has 0 saturated heterocycles. The largest absolute Gasteiger partial charge is 0.330 e. The molecule has 1 fully saturated rings. The van der Waals surface area contributed by atoms with Crippen LogP contribution in [0.25, 0.3) is 0 Å². The summed E-state index contributed by atoms with van der Waals surface area (Å²) >= 11 is 3.61. The zero-order valence-corrected chi connectivity index (χ0v) is 10.0. The Morgan fingerprint density at radius 2 is 2.21 bits per heavy atom. The van der Waals surface area contributed by atoms with Gasteiger partial charge in [0.2, 0.25) is 0 Å². The molecule has 2 N–H and O–H groups in total. The van der Waals surface area contributed by atoms with Crippen LogP contribution in [0.5, 0.6) is 0 Å². The molecule has 2 heteroatoms. The predicted molar refractivity (Wildman–Crippen MR) is 63.3 cm³/mol. The van der Waals surface area contributed by atoms with Gasteiger partial charge in [-0.25, -0.2) is 0 Å². The van der Waals surface area contributed by atoms with Crippen LogP contribution in [0.3, 0.4) is 0 Å². The van der Waals surface area contributed by atoms with Crippen molar-refractivity contribution in [3.63, 3.8) is 0 Å². The summed E-state index contributed by atoms with van der Waals surface area (Å²) in [5.41, 5.74) is 7.59. The third kappa shape index (κ3) is 1.41. The fraction of sp³-hybridized carbons (Fsp3) is 0.500. The Labute approximate surface area is 93.8 Å². The lowest BCUT2D eigenvalue weighted by molar-refractivity contribution is 0.597. The highest BCUT2D eigenvalue weighted by Crippen LogP contribution is 2.56. The van der Waals surface area contributed by atoms with Crippen molar-refractivity contribution in [2.75, 3.05) is 6.54 Å². The molecule has 1 aliphatic rings. The van der Waals surface area contributed by atoms with E-state index in [1.165, 1.54) is 22.9 Å². The smallest absolute Gasteiger partial charge is 0.0213 e. The van der Waals surface area contributed by atoms with Crippen molar-refractivity contribution in [3.8, 4) is 0 Å². The van der Waals surface area contributed by atoms with Crippen molar-refractivity contribution in [1.29, 1.82) is 0 Å². The number of halogens is 1. The Morgan fingerprint density at radius 3 is 2.71 bits per heavy atom. The minimum Gasteiger partial charge on any atom is -0.330 e. The van der Waals surface area contributed by atoms with Crippen molar-refractivity contribution in [1.82, 2.24) is 0 Å². The minimum absolute atomic E-state index is 0.273. The first-order chi connectivity index (χ1) is 6.74. The molecule has 76 valence electrons. The Hall–Kier alpha value is -0.340. The zero-order valence-electron chi connectivity index (χ0n) is 8.46. The van der Waals surface area contributed by atoms with Gasteiger partial charge in [0, 0.05) is 16.4 Å². The van der Waals surface area contributed by atoms with E-state index in [-0.39, 0.29) is 5.41 Å². The van der Waals surface area contributed by atoms with E-state index in [4.69, 9.17) is 5.73 Å². The average Bonchev–Trinajstić information content (AvgIpc) is 2.93. The third-order valence-corrected chi connectivity index (χ3v) is 4.19. The maximum absolute atomic E-state index is 5.91. The van der Waals surface area contributed by atoms with Gasteiger partial charge in [-0.2, -0.15) is 0 Å². The average molecular weight is 254 g/mol. The van der Waals surface area contributed by atoms with E-state index in [2.05, 4.69) is 47.1 Å². The normalized spacial score (nSPS) is 30.4. The van der Waals surface area contributed by atoms with E-state index >= 15 is 0 Å². The highest BCUT2D eigenvalue weighted by molar-refractivity contribution is 9.10. The minimum atomic E-state index is 0.273. The second kappa shape index (κ2) is 3.67. The predicted octanol–water partition coefficient (Wildman–Crippen LogP) is 3.08. The summed E-state index contributed by atoms with van der Waals surface area (Å²) in [7, 11) is 0. The quantitative estimate of drug-likeness (QED) is 0.881. The second-order valence-electron chi connectivity index (χ2n) is 4.15. The Morgan fingerprint density at radius 1 is 1.50 bits per heavy atom. The SMILES string of the molecule is CCC1CC1(CN)c1ccccc1Br. The molecule has 0 heterocycles. The highest BCUT2D eigenvalue weighted by atomic mass is 79.9. The molecule has 1 nitrogen and oxygen atoms in total. The fourth-order valence-electron chi connectivity index (χ4n) is 2.47. The topological polar surface area (TPSA) is 26.0 Å². The van der Waals surface area contributed by atoms with Crippen LogP contribution in [0.2, 0.25) is 0 Å². The van der Waals surface area contributed by atoms with E-state index in [1.54, 1.807) is 0 Å². The van der Waals surface area contributed by atoms with Gasteiger partial charge in [-0.05, 0) is 24.0 Å². The highest BCUT2D eigenvalue weighted by Gasteiger charge is 2.53. The molecule has 0 radical (unpaired) electrons. The van der Waals surface area contributed by atoms with E-state index in [9.17, 15) is 0 Å². The van der Waals surface area contributed by atoms with Crippen molar-refractivity contribution in [3.05, 3.63) is 34.3 Å². The van der Waals surface area contributed by atoms with Crippen molar-refractivity contribution in [2.24, 2.45) is 11.7 Å². The van der Waals surface area contributed by atoms with Crippen LogP contribution in [0, 0.1) is 5.92 Å². The first-order valence-electron chi connectivity index (χ1n) is 5.19. The molecule has 2 unspecified atom stereocenters. The maximum atomic E-state index is 5.91. The van der Waals surface area contributed by atoms with Crippen molar-refractivity contribution in [2.45, 2.75) is 25.2 Å². The van der Waals surface area contributed by atoms with Crippen LogP contribution < -0.4 is 5.73 Å². The van der Waals surface area contributed by atoms with E-state index in [0.29, 0.717) is 0 Å². The van der Waals surface area contributed by atoms with Gasteiger partial charge in [0.15, 0.2) is 0 Å². The number of hydrogen-bond acceptors (Lipinski definition) is 1. The van der Waals surface area contributed by atoms with Gasteiger partial charge in [0.1, 0.15) is 0 Å². The number of nitrogens with two attached hydrogens (primary N) is 1. The summed E-state index contributed by atoms with van der Waals surface area (Å²) in [6, 6.07) is 8.47. The zero-order chi connectivity index (χ0) is 10.2. The van der Waals surface area contributed by atoms with Crippen LogP contribution in [-0.2, 0) is 5.41 Å². The molecule has 0 spiro atoms. The molecule has 0 aliphatic heterocycles. The molecule has 2 atom stereocenters. The lowest BCUT2D eigenvalue weighted by Gasteiger charge is -2.16. The summed E-state index contributed by atoms with van der Waals surface area (Å²) < 4.78 is 1.21. The van der Waals surface area contributed by atoms with Gasteiger partial charge < -0.3 is 5.73 Å². The summed E-state index contributed by atoms with van der Waals surface area (Å²) in [5, 5.41) is 0. The van der Waals surface area contributed by atoms with Crippen LogP contribution in [-0.4, -0.2) is 6.54 Å². The molecule has 0 bridgehead atoms. The van der Waals surface area contributed by atoms with Gasteiger partial charge in [0.25, 0.3) is 0 Å². The van der Waals surface area contributed by atoms with Gasteiger partial charge in [-0.3, -0.25) is 0 Å². The van der Waals surface area contributed by atoms with Crippen LogP contribution in [0.1, 0.15) is 25.3 Å². The summed E-state index contributed by atoms with van der Waals surface area (Å²) in [5.74, 6) is 0.784. The molecular weight excluding hydrogens is 238 g/mol. The number of rotatable bonds is 3. The Bertz CT molecular complexity index is 337. The number of hydrogen-bond donors (Lipinski definition) is 1. The lowest BCUT2D eigenvalue weighted by Crippen LogP contribution is -2.22. The van der Waals surface area contributed by atoms with Crippen LogP contribution in [0.4, 0.5) is 0 Å². The van der Waals surface area contributed by atoms with Crippen molar-refractivity contribution >= 4 is 15.9 Å². The molecule has 0 aromatic heterocycles. The van der Waals surface area contributed by atoms with E-state index in [0.717, 1.165) is 12.5 Å². The van der Waals surface area contributed by atoms with E-state index in [1.807, 2.05) is 0 Å². The molecular formula is C12H16BrN. The standard InChI is InChI=1S/C12H16BrN/c1-2-9-7-12(9,8-14)10-5-3-4-6-11(10)13/h3-6,9H,2,7-8,14H2,1H3. The molecule has 1 aromatic rings. The van der Waals surface area contributed by atoms with Gasteiger partial charge in [-0.1, -0.05) is 47.5 Å². The molecule has 1 aromatic carbocycles. The van der Waals surface area contributed by atoms with Gasteiger partial charge in [0.05, 0.1) is 0 Å². The van der Waals surface area contributed by atoms with Crippen LogP contribution in [0.15, 0.2) is 28.7 Å². The fourth-order valence-corrected chi connectivity index (χ4v) is 3.15. The van der Waals surface area contributed by atoms with Gasteiger partial charge in [-0.15, -0.1) is 0 Å². The lowest BCUT2D eigenvalue weighted by atomic mass is 9.92. The Balaban J connectivity index is 2.35. The maximum Gasteiger partial charge on any atom is 0.0213 e. The first kappa shape index (κ1) is 10.2. The van der Waals surface area contributed by atoms with Gasteiger partial charge >= 0.3 is 0 Å². The number of benzene rings is 1. The molecule has 1 saturated carbocycles. The third-order valence-electron chi connectivity index (χ3n) is 3.50. The first-order valence-corrected chi connectivity index (χ1v) is 5.99. The summed E-state index contributed by atoms with van der Waals surface area (Å²) in [4.78, 5) is 0. The molecule has 2 rings (SSSR count). The summed E-state index contributed by atoms with van der Waals surface area (Å²) in [6.07, 6.45) is 2.49.